The molecule has 2 fully saturated rings. The van der Waals surface area contributed by atoms with Gasteiger partial charge in [-0.1, -0.05) is 26.2 Å². The van der Waals surface area contributed by atoms with Crippen molar-refractivity contribution in [3.63, 3.8) is 0 Å². The third-order valence-corrected chi connectivity index (χ3v) is 5.11. The van der Waals surface area contributed by atoms with Crippen LogP contribution in [0.2, 0.25) is 0 Å². The zero-order valence-corrected chi connectivity index (χ0v) is 14.4. The molecule has 1 N–H and O–H groups in total. The lowest BCUT2D eigenvalue weighted by Crippen LogP contribution is -2.42. The Kier molecular flexibility index (Phi) is 6.09. The smallest absolute Gasteiger partial charge is 0.310 e. The topological polar surface area (TPSA) is 53.9 Å². The second-order valence-electron chi connectivity index (χ2n) is 6.85. The van der Waals surface area contributed by atoms with Gasteiger partial charge in [0.05, 0.1) is 19.6 Å². The Morgan fingerprint density at radius 1 is 1.32 bits per heavy atom. The van der Waals surface area contributed by atoms with Crippen LogP contribution in [-0.2, 0) is 9.53 Å². The van der Waals surface area contributed by atoms with Gasteiger partial charge in [0.1, 0.15) is 0 Å². The predicted octanol–water partition coefficient (Wildman–Crippen LogP) is 2.42. The average Bonchev–Trinajstić information content (AvgIpc) is 2.94. The maximum atomic E-state index is 11.5. The van der Waals surface area contributed by atoms with Crippen molar-refractivity contribution in [3.05, 3.63) is 0 Å². The summed E-state index contributed by atoms with van der Waals surface area (Å²) in [6.45, 7) is 7.49. The van der Waals surface area contributed by atoms with Gasteiger partial charge in [0.25, 0.3) is 0 Å². The van der Waals surface area contributed by atoms with E-state index in [4.69, 9.17) is 4.74 Å². The molecular weight excluding hydrogens is 278 g/mol. The third-order valence-electron chi connectivity index (χ3n) is 5.11. The summed E-state index contributed by atoms with van der Waals surface area (Å²) in [6, 6.07) is 0. The molecule has 1 saturated carbocycles. The van der Waals surface area contributed by atoms with Crippen LogP contribution in [-0.4, -0.2) is 50.1 Å². The monoisotopic (exact) mass is 309 g/mol. The molecule has 2 aliphatic rings. The zero-order valence-electron chi connectivity index (χ0n) is 14.4. The summed E-state index contributed by atoms with van der Waals surface area (Å²) in [5.41, 5.74) is 0.516. The molecule has 0 aromatic heterocycles. The maximum absolute atomic E-state index is 11.5. The normalized spacial score (nSPS) is 22.7. The fourth-order valence-electron chi connectivity index (χ4n) is 3.75. The summed E-state index contributed by atoms with van der Waals surface area (Å²) in [5, 5.41) is 3.38. The molecule has 0 bridgehead atoms. The van der Waals surface area contributed by atoms with Crippen molar-refractivity contribution in [2.24, 2.45) is 16.3 Å². The van der Waals surface area contributed by atoms with Crippen LogP contribution in [0, 0.1) is 11.3 Å². The van der Waals surface area contributed by atoms with Crippen LogP contribution in [0.15, 0.2) is 4.99 Å². The molecular formula is C17H31N3O2. The van der Waals surface area contributed by atoms with Gasteiger partial charge in [-0.25, -0.2) is 0 Å². The number of aliphatic imine (C=N–C) groups is 1. The molecule has 0 amide bonds. The Balaban J connectivity index is 1.97. The van der Waals surface area contributed by atoms with E-state index in [0.717, 1.165) is 25.6 Å². The summed E-state index contributed by atoms with van der Waals surface area (Å²) in [4.78, 5) is 18.6. The highest BCUT2D eigenvalue weighted by atomic mass is 16.5. The Bertz CT molecular complexity index is 403. The van der Waals surface area contributed by atoms with Gasteiger partial charge >= 0.3 is 5.97 Å². The number of methoxy groups -OCH3 is 1. The Labute approximate surface area is 134 Å². The number of nitrogens with zero attached hydrogens (tertiary/aromatic N) is 2. The Hall–Kier alpha value is -1.26. The molecule has 1 heterocycles. The molecule has 1 atom stereocenters. The van der Waals surface area contributed by atoms with Crippen molar-refractivity contribution in [3.8, 4) is 0 Å². The van der Waals surface area contributed by atoms with Crippen molar-refractivity contribution in [2.75, 3.05) is 33.3 Å². The number of carbonyl (C=O) groups excluding carboxylic acids is 1. The van der Waals surface area contributed by atoms with Gasteiger partial charge in [0.2, 0.25) is 0 Å². The highest BCUT2D eigenvalue weighted by molar-refractivity contribution is 5.81. The van der Waals surface area contributed by atoms with Crippen molar-refractivity contribution >= 4 is 11.9 Å². The van der Waals surface area contributed by atoms with E-state index in [0.29, 0.717) is 12.0 Å². The first-order chi connectivity index (χ1) is 10.6. The zero-order chi connectivity index (χ0) is 16.0. The van der Waals surface area contributed by atoms with Gasteiger partial charge in [-0.3, -0.25) is 9.79 Å². The van der Waals surface area contributed by atoms with Gasteiger partial charge in [0, 0.05) is 19.6 Å². The second kappa shape index (κ2) is 7.84. The van der Waals surface area contributed by atoms with E-state index in [1.807, 2.05) is 6.92 Å². The molecule has 1 spiro atoms. The first-order valence-electron chi connectivity index (χ1n) is 8.71. The van der Waals surface area contributed by atoms with E-state index < -0.39 is 0 Å². The van der Waals surface area contributed by atoms with E-state index in [9.17, 15) is 4.79 Å². The molecule has 5 nitrogen and oxygen atoms in total. The van der Waals surface area contributed by atoms with Gasteiger partial charge in [-0.15, -0.1) is 0 Å². The summed E-state index contributed by atoms with van der Waals surface area (Å²) < 4.78 is 4.78. The van der Waals surface area contributed by atoms with Crippen molar-refractivity contribution in [2.45, 2.75) is 52.4 Å². The Morgan fingerprint density at radius 3 is 2.68 bits per heavy atom. The minimum atomic E-state index is -0.190. The van der Waals surface area contributed by atoms with Crippen LogP contribution in [0.25, 0.3) is 0 Å². The fraction of sp³-hybridized carbons (Fsp3) is 0.882. The van der Waals surface area contributed by atoms with Gasteiger partial charge in [-0.2, -0.15) is 0 Å². The number of nitrogens with one attached hydrogen (secondary N) is 1. The number of hydrogen-bond acceptors (Lipinski definition) is 3. The summed E-state index contributed by atoms with van der Waals surface area (Å²) in [5.74, 6) is 0.579. The molecule has 22 heavy (non-hydrogen) atoms. The van der Waals surface area contributed by atoms with Crippen LogP contribution >= 0.6 is 0 Å². The summed E-state index contributed by atoms with van der Waals surface area (Å²) in [7, 11) is 1.43. The lowest BCUT2D eigenvalue weighted by atomic mass is 9.73. The number of rotatable bonds is 4. The van der Waals surface area contributed by atoms with E-state index >= 15 is 0 Å². The Morgan fingerprint density at radius 2 is 2.05 bits per heavy atom. The van der Waals surface area contributed by atoms with E-state index in [1.165, 1.54) is 45.6 Å². The number of esters is 1. The molecule has 2 rings (SSSR count). The molecule has 126 valence electrons. The van der Waals surface area contributed by atoms with Gasteiger partial charge in [-0.05, 0) is 31.6 Å². The maximum Gasteiger partial charge on any atom is 0.310 e. The number of hydrogen-bond donors (Lipinski definition) is 1. The number of carbonyl (C=O) groups is 1. The van der Waals surface area contributed by atoms with Crippen LogP contribution in [0.4, 0.5) is 0 Å². The average molecular weight is 309 g/mol. The van der Waals surface area contributed by atoms with Crippen LogP contribution in [0.1, 0.15) is 52.4 Å². The van der Waals surface area contributed by atoms with Gasteiger partial charge in [0.15, 0.2) is 5.96 Å². The van der Waals surface area contributed by atoms with Crippen LogP contribution in [0.5, 0.6) is 0 Å². The minimum Gasteiger partial charge on any atom is -0.469 e. The largest absolute Gasteiger partial charge is 0.469 e. The number of likely N-dealkylation sites (tertiary alicyclic amines) is 1. The third kappa shape index (κ3) is 4.14. The first kappa shape index (κ1) is 17.1. The van der Waals surface area contributed by atoms with Gasteiger partial charge < -0.3 is 15.0 Å². The van der Waals surface area contributed by atoms with E-state index in [2.05, 4.69) is 22.1 Å². The van der Waals surface area contributed by atoms with Crippen LogP contribution < -0.4 is 5.32 Å². The highest BCUT2D eigenvalue weighted by Crippen LogP contribution is 2.43. The standard InChI is InChI=1S/C17H31N3O2/c1-4-18-16(19-12-14(2)15(21)22-3)20-11-10-17(13-20)8-6-5-7-9-17/h14H,4-13H2,1-3H3,(H,18,19). The SMILES string of the molecule is CCNC(=NCC(C)C(=O)OC)N1CCC2(CCCCC2)C1. The number of guanidine groups is 1. The number of ether oxygens (including phenoxy) is 1. The van der Waals surface area contributed by atoms with Crippen molar-refractivity contribution in [1.29, 1.82) is 0 Å². The molecule has 1 aliphatic carbocycles. The van der Waals surface area contributed by atoms with Crippen LogP contribution in [0.3, 0.4) is 0 Å². The summed E-state index contributed by atoms with van der Waals surface area (Å²) in [6.07, 6.45) is 8.15. The van der Waals surface area contributed by atoms with E-state index in [1.54, 1.807) is 0 Å². The fourth-order valence-corrected chi connectivity index (χ4v) is 3.75. The lowest BCUT2D eigenvalue weighted by Gasteiger charge is -2.33. The molecule has 0 aromatic carbocycles. The highest BCUT2D eigenvalue weighted by Gasteiger charge is 2.39. The minimum absolute atomic E-state index is 0.190. The molecule has 1 unspecified atom stereocenters. The quantitative estimate of drug-likeness (QED) is 0.492. The predicted molar refractivity (Wildman–Crippen MR) is 88.9 cm³/mol. The molecule has 0 radical (unpaired) electrons. The second-order valence-corrected chi connectivity index (χ2v) is 6.85. The molecule has 5 heteroatoms. The first-order valence-corrected chi connectivity index (χ1v) is 8.71. The molecule has 1 saturated heterocycles. The molecule has 0 aromatic rings. The van der Waals surface area contributed by atoms with Crippen molar-refractivity contribution < 1.29 is 9.53 Å². The van der Waals surface area contributed by atoms with E-state index in [-0.39, 0.29) is 11.9 Å². The van der Waals surface area contributed by atoms with Crippen molar-refractivity contribution in [1.82, 2.24) is 10.2 Å². The lowest BCUT2D eigenvalue weighted by molar-refractivity contribution is -0.144. The molecule has 1 aliphatic heterocycles. The summed E-state index contributed by atoms with van der Waals surface area (Å²) >= 11 is 0.